The lowest BCUT2D eigenvalue weighted by atomic mass is 9.87. The van der Waals surface area contributed by atoms with Crippen molar-refractivity contribution in [2.45, 2.75) is 17.8 Å². The molecule has 2 rings (SSSR count). The highest BCUT2D eigenvalue weighted by Gasteiger charge is 2.49. The molecule has 2 saturated heterocycles. The second-order valence-electron chi connectivity index (χ2n) is 6.22. The Bertz CT molecular complexity index is 591. The molecule has 3 atom stereocenters. The maximum atomic E-state index is 12.1. The SMILES string of the molecule is CN1C[C@@H]2[C@@H](C(=O)N(C)C)CCS(=O)(=O)[C@@H]2C1.O=C(O)C(F)(F)F. The van der Waals surface area contributed by atoms with Crippen LogP contribution >= 0.6 is 0 Å². The van der Waals surface area contributed by atoms with E-state index in [2.05, 4.69) is 0 Å². The van der Waals surface area contributed by atoms with Gasteiger partial charge in [0.25, 0.3) is 0 Å². The summed E-state index contributed by atoms with van der Waals surface area (Å²) < 4.78 is 55.7. The Balaban J connectivity index is 0.000000351. The average Bonchev–Trinajstić information content (AvgIpc) is 2.81. The van der Waals surface area contributed by atoms with Crippen LogP contribution in [0.25, 0.3) is 0 Å². The van der Waals surface area contributed by atoms with E-state index < -0.39 is 22.0 Å². The Kier molecular flexibility index (Phi) is 6.26. The van der Waals surface area contributed by atoms with Crippen LogP contribution in [0.4, 0.5) is 13.2 Å². The first-order valence-corrected chi connectivity index (χ1v) is 8.90. The van der Waals surface area contributed by atoms with E-state index in [1.807, 2.05) is 11.9 Å². The van der Waals surface area contributed by atoms with Crippen molar-refractivity contribution in [1.82, 2.24) is 9.80 Å². The van der Waals surface area contributed by atoms with Gasteiger partial charge in [-0.15, -0.1) is 0 Å². The van der Waals surface area contributed by atoms with Crippen LogP contribution in [0.1, 0.15) is 6.42 Å². The summed E-state index contributed by atoms with van der Waals surface area (Å²) in [6, 6.07) is 0. The molecule has 2 heterocycles. The van der Waals surface area contributed by atoms with Gasteiger partial charge in [-0.3, -0.25) is 4.79 Å². The fourth-order valence-electron chi connectivity index (χ4n) is 3.06. The number of halogens is 3. The second-order valence-corrected chi connectivity index (χ2v) is 8.56. The fourth-order valence-corrected chi connectivity index (χ4v) is 5.23. The van der Waals surface area contributed by atoms with Gasteiger partial charge in [-0.2, -0.15) is 13.2 Å². The van der Waals surface area contributed by atoms with E-state index in [0.717, 1.165) is 0 Å². The van der Waals surface area contributed by atoms with E-state index in [1.165, 1.54) is 0 Å². The molecule has 2 fully saturated rings. The van der Waals surface area contributed by atoms with E-state index >= 15 is 0 Å². The summed E-state index contributed by atoms with van der Waals surface area (Å²) >= 11 is 0. The number of carbonyl (C=O) groups excluding carboxylic acids is 1. The molecule has 7 nitrogen and oxygen atoms in total. The molecule has 2 aliphatic heterocycles. The Labute approximate surface area is 138 Å². The predicted octanol–water partition coefficient (Wildman–Crippen LogP) is 0.0728. The lowest BCUT2D eigenvalue weighted by Crippen LogP contribution is -2.46. The van der Waals surface area contributed by atoms with Crippen LogP contribution in [0.15, 0.2) is 0 Å². The minimum Gasteiger partial charge on any atom is -0.475 e. The van der Waals surface area contributed by atoms with E-state index in [9.17, 15) is 26.4 Å². The minimum atomic E-state index is -5.08. The van der Waals surface area contributed by atoms with Crippen LogP contribution in [0.2, 0.25) is 0 Å². The van der Waals surface area contributed by atoms with Crippen LogP contribution in [0.5, 0.6) is 0 Å². The van der Waals surface area contributed by atoms with Crippen molar-refractivity contribution in [2.75, 3.05) is 40.0 Å². The van der Waals surface area contributed by atoms with Gasteiger partial charge in [0.1, 0.15) is 0 Å². The summed E-state index contributed by atoms with van der Waals surface area (Å²) in [5.41, 5.74) is 0. The molecule has 0 saturated carbocycles. The molecule has 24 heavy (non-hydrogen) atoms. The molecule has 0 aromatic carbocycles. The summed E-state index contributed by atoms with van der Waals surface area (Å²) in [6.07, 6.45) is -4.60. The summed E-state index contributed by atoms with van der Waals surface area (Å²) in [6.45, 7) is 1.29. The highest BCUT2D eigenvalue weighted by Crippen LogP contribution is 2.36. The highest BCUT2D eigenvalue weighted by atomic mass is 32.2. The molecule has 140 valence electrons. The second kappa shape index (κ2) is 7.26. The summed E-state index contributed by atoms with van der Waals surface area (Å²) in [5.74, 6) is -2.67. The zero-order valence-electron chi connectivity index (χ0n) is 13.6. The number of nitrogens with zero attached hydrogens (tertiary/aromatic N) is 2. The number of carboxylic acids is 1. The molecule has 1 N–H and O–H groups in total. The molecule has 0 spiro atoms. The van der Waals surface area contributed by atoms with E-state index in [0.29, 0.717) is 19.5 Å². The predicted molar refractivity (Wildman–Crippen MR) is 79.1 cm³/mol. The zero-order valence-corrected chi connectivity index (χ0v) is 14.4. The molecule has 0 aromatic heterocycles. The van der Waals surface area contributed by atoms with Gasteiger partial charge in [-0.25, -0.2) is 13.2 Å². The smallest absolute Gasteiger partial charge is 0.475 e. The topological polar surface area (TPSA) is 95.0 Å². The first-order chi connectivity index (χ1) is 10.8. The summed E-state index contributed by atoms with van der Waals surface area (Å²) in [5, 5.41) is 6.79. The molecule has 2 aliphatic rings. The molecular weight excluding hydrogens is 353 g/mol. The van der Waals surface area contributed by atoms with Gasteiger partial charge in [-0.05, 0) is 13.5 Å². The van der Waals surface area contributed by atoms with Crippen LogP contribution in [0, 0.1) is 11.8 Å². The maximum Gasteiger partial charge on any atom is 0.490 e. The molecule has 0 unspecified atom stereocenters. The first kappa shape index (κ1) is 20.7. The average molecular weight is 374 g/mol. The van der Waals surface area contributed by atoms with Crippen molar-refractivity contribution in [3.8, 4) is 0 Å². The third-order valence-corrected chi connectivity index (χ3v) is 6.41. The van der Waals surface area contributed by atoms with Crippen molar-refractivity contribution in [2.24, 2.45) is 11.8 Å². The van der Waals surface area contributed by atoms with Gasteiger partial charge >= 0.3 is 12.1 Å². The number of amides is 1. The third kappa shape index (κ3) is 4.82. The normalized spacial score (nSPS) is 29.2. The Morgan fingerprint density at radius 1 is 1.21 bits per heavy atom. The standard InChI is InChI=1S/C11H20N2O3S.C2HF3O2/c1-12(2)11(14)8-4-5-17(15,16)10-7-13(3)6-9(8)10;3-2(4,5)1(6)7/h8-10H,4-7H2,1-3H3;(H,6,7)/t8-,9+,10+;/m0./s1. The van der Waals surface area contributed by atoms with Crippen LogP contribution in [0.3, 0.4) is 0 Å². The largest absolute Gasteiger partial charge is 0.490 e. The number of fused-ring (bicyclic) bond motifs is 1. The number of likely N-dealkylation sites (tertiary alicyclic amines) is 1. The Morgan fingerprint density at radius 2 is 1.71 bits per heavy atom. The van der Waals surface area contributed by atoms with Gasteiger partial charge in [0, 0.05) is 39.0 Å². The van der Waals surface area contributed by atoms with Gasteiger partial charge in [0.2, 0.25) is 5.91 Å². The molecule has 0 aliphatic carbocycles. The summed E-state index contributed by atoms with van der Waals surface area (Å²) in [7, 11) is 2.39. The number of rotatable bonds is 1. The van der Waals surface area contributed by atoms with Crippen molar-refractivity contribution in [3.63, 3.8) is 0 Å². The Morgan fingerprint density at radius 3 is 2.12 bits per heavy atom. The number of aliphatic carboxylic acids is 1. The molecule has 11 heteroatoms. The maximum absolute atomic E-state index is 12.1. The van der Waals surface area contributed by atoms with Gasteiger partial charge in [0.05, 0.1) is 11.0 Å². The Hall–Kier alpha value is -1.36. The molecule has 1 amide bonds. The first-order valence-electron chi connectivity index (χ1n) is 7.18. The van der Waals surface area contributed by atoms with Crippen molar-refractivity contribution in [3.05, 3.63) is 0 Å². The fraction of sp³-hybridized carbons (Fsp3) is 0.846. The number of hydrogen-bond acceptors (Lipinski definition) is 5. The van der Waals surface area contributed by atoms with Gasteiger partial charge in [-0.1, -0.05) is 0 Å². The van der Waals surface area contributed by atoms with Crippen LogP contribution in [-0.4, -0.2) is 86.6 Å². The monoisotopic (exact) mass is 374 g/mol. The van der Waals surface area contributed by atoms with Crippen LogP contribution in [-0.2, 0) is 19.4 Å². The molecule has 0 bridgehead atoms. The third-order valence-electron chi connectivity index (χ3n) is 4.18. The van der Waals surface area contributed by atoms with Gasteiger partial charge in [0.15, 0.2) is 9.84 Å². The van der Waals surface area contributed by atoms with Crippen molar-refractivity contribution >= 4 is 21.7 Å². The molecule has 0 radical (unpaired) electrons. The molecular formula is C13H21F3N2O5S. The molecule has 0 aromatic rings. The number of sulfone groups is 1. The van der Waals surface area contributed by atoms with E-state index in [1.54, 1.807) is 19.0 Å². The lowest BCUT2D eigenvalue weighted by molar-refractivity contribution is -0.192. The minimum absolute atomic E-state index is 0.0198. The number of alkyl halides is 3. The van der Waals surface area contributed by atoms with Gasteiger partial charge < -0.3 is 14.9 Å². The summed E-state index contributed by atoms with van der Waals surface area (Å²) in [4.78, 5) is 24.6. The van der Waals surface area contributed by atoms with E-state index in [-0.39, 0.29) is 28.7 Å². The van der Waals surface area contributed by atoms with E-state index in [4.69, 9.17) is 9.90 Å². The number of hydrogen-bond donors (Lipinski definition) is 1. The number of carboxylic acid groups (broad SMARTS) is 1. The number of carbonyl (C=O) groups is 2. The van der Waals surface area contributed by atoms with Crippen molar-refractivity contribution in [1.29, 1.82) is 0 Å². The van der Waals surface area contributed by atoms with Crippen molar-refractivity contribution < 1.29 is 36.3 Å². The van der Waals surface area contributed by atoms with Crippen LogP contribution < -0.4 is 0 Å². The lowest BCUT2D eigenvalue weighted by Gasteiger charge is -2.33. The quantitative estimate of drug-likeness (QED) is 0.698. The highest BCUT2D eigenvalue weighted by molar-refractivity contribution is 7.92. The zero-order chi connectivity index (χ0) is 18.9.